The fraction of sp³-hybridized carbons (Fsp3) is 0.688. The lowest BCUT2D eigenvalue weighted by Crippen LogP contribution is -2.56. The minimum Gasteiger partial charge on any atom is -0.478 e. The summed E-state index contributed by atoms with van der Waals surface area (Å²) < 4.78 is 4.87. The Kier molecular flexibility index (Phi) is 8.63. The number of rotatable bonds is 9. The third kappa shape index (κ3) is 6.67. The van der Waals surface area contributed by atoms with Crippen molar-refractivity contribution >= 4 is 17.8 Å². The molecular weight excluding hydrogens is 314 g/mol. The Balaban J connectivity index is 4.93. The summed E-state index contributed by atoms with van der Waals surface area (Å²) in [6.07, 6.45) is 1.53. The highest BCUT2D eigenvalue weighted by Gasteiger charge is 2.29. The number of likely N-dealkylation sites (N-methyl/N-ethyl adjacent to an activating group) is 1. The maximum atomic E-state index is 12.3. The predicted octanol–water partition coefficient (Wildman–Crippen LogP) is -0.0197. The minimum absolute atomic E-state index is 0.0113. The van der Waals surface area contributed by atoms with Gasteiger partial charge in [-0.2, -0.15) is 0 Å². The predicted molar refractivity (Wildman–Crippen MR) is 90.3 cm³/mol. The number of carbonyl (C=O) groups is 3. The molecule has 0 saturated carbocycles. The highest BCUT2D eigenvalue weighted by Crippen LogP contribution is 2.13. The molecule has 2 atom stereocenters. The molecule has 24 heavy (non-hydrogen) atoms. The molecule has 0 heterocycles. The van der Waals surface area contributed by atoms with E-state index in [9.17, 15) is 14.4 Å². The van der Waals surface area contributed by atoms with Crippen LogP contribution in [0.3, 0.4) is 0 Å². The molecular formula is C16H29N3O5. The number of hydrogen-bond donors (Lipinski definition) is 3. The first-order valence-corrected chi connectivity index (χ1v) is 7.67. The van der Waals surface area contributed by atoms with E-state index in [2.05, 4.69) is 5.32 Å². The van der Waals surface area contributed by atoms with Crippen LogP contribution in [0.15, 0.2) is 11.6 Å². The summed E-state index contributed by atoms with van der Waals surface area (Å²) in [4.78, 5) is 36.7. The Hall–Kier alpha value is -1.93. The zero-order chi connectivity index (χ0) is 19.1. The van der Waals surface area contributed by atoms with Crippen molar-refractivity contribution in [2.45, 2.75) is 39.3 Å². The van der Waals surface area contributed by atoms with E-state index in [-0.39, 0.29) is 30.5 Å². The summed E-state index contributed by atoms with van der Waals surface area (Å²) in [6.45, 7) is 6.55. The van der Waals surface area contributed by atoms with Crippen LogP contribution in [0.1, 0.15) is 27.7 Å². The second-order valence-electron chi connectivity index (χ2n) is 6.43. The molecule has 0 aromatic rings. The third-order valence-electron chi connectivity index (χ3n) is 3.64. The van der Waals surface area contributed by atoms with Gasteiger partial charge in [0.25, 0.3) is 0 Å². The molecule has 0 rings (SSSR count). The van der Waals surface area contributed by atoms with Crippen molar-refractivity contribution in [3.63, 3.8) is 0 Å². The Morgan fingerprint density at radius 3 is 2.33 bits per heavy atom. The Morgan fingerprint density at radius 1 is 1.38 bits per heavy atom. The van der Waals surface area contributed by atoms with Gasteiger partial charge >= 0.3 is 5.97 Å². The summed E-state index contributed by atoms with van der Waals surface area (Å²) >= 11 is 0. The average molecular weight is 343 g/mol. The van der Waals surface area contributed by atoms with Crippen LogP contribution in [-0.4, -0.2) is 66.7 Å². The van der Waals surface area contributed by atoms with E-state index in [1.54, 1.807) is 7.05 Å². The molecule has 0 aliphatic heterocycles. The molecule has 0 spiro atoms. The van der Waals surface area contributed by atoms with Gasteiger partial charge in [-0.15, -0.1) is 0 Å². The number of hydrogen-bond acceptors (Lipinski definition) is 5. The van der Waals surface area contributed by atoms with Gasteiger partial charge in [-0.3, -0.25) is 9.59 Å². The molecule has 0 aliphatic rings. The molecule has 0 bridgehead atoms. The summed E-state index contributed by atoms with van der Waals surface area (Å²) in [5.74, 6) is -1.86. The van der Waals surface area contributed by atoms with Crippen LogP contribution in [0.25, 0.3) is 0 Å². The van der Waals surface area contributed by atoms with Crippen LogP contribution in [-0.2, 0) is 19.1 Å². The molecule has 0 aromatic heterocycles. The number of aliphatic carboxylic acids is 1. The van der Waals surface area contributed by atoms with Crippen molar-refractivity contribution in [2.24, 2.45) is 11.7 Å². The maximum Gasteiger partial charge on any atom is 0.331 e. The van der Waals surface area contributed by atoms with Gasteiger partial charge in [0.05, 0.1) is 19.2 Å². The lowest BCUT2D eigenvalue weighted by atomic mass is 10.00. The van der Waals surface area contributed by atoms with Crippen LogP contribution in [0.5, 0.6) is 0 Å². The zero-order valence-electron chi connectivity index (χ0n) is 15.3. The van der Waals surface area contributed by atoms with E-state index in [1.807, 2.05) is 13.8 Å². The second kappa shape index (κ2) is 9.39. The van der Waals surface area contributed by atoms with Crippen molar-refractivity contribution in [2.75, 3.05) is 27.3 Å². The normalized spacial score (nSPS) is 15.6. The molecule has 138 valence electrons. The smallest absolute Gasteiger partial charge is 0.331 e. The van der Waals surface area contributed by atoms with Gasteiger partial charge in [-0.05, 0) is 19.8 Å². The largest absolute Gasteiger partial charge is 0.478 e. The number of carbonyl (C=O) groups excluding carboxylic acids is 2. The van der Waals surface area contributed by atoms with E-state index < -0.39 is 23.5 Å². The first-order valence-electron chi connectivity index (χ1n) is 7.67. The van der Waals surface area contributed by atoms with Gasteiger partial charge in [0.2, 0.25) is 11.8 Å². The van der Waals surface area contributed by atoms with Crippen LogP contribution >= 0.6 is 0 Å². The fourth-order valence-electron chi connectivity index (χ4n) is 2.09. The average Bonchev–Trinajstić information content (AvgIpc) is 2.48. The van der Waals surface area contributed by atoms with Gasteiger partial charge in [0.1, 0.15) is 5.54 Å². The number of nitrogens with zero attached hydrogens (tertiary/aromatic N) is 1. The standard InChI is InChI=1S/C16H29N3O5/c1-10(2)12(7-11(3)14(21)22)19(5)13(20)8-18-15(23)16(4,17)9-24-6/h7,10,12H,8-9,17H2,1-6H3,(H,18,23)(H,21,22)/t12-,16?/m1/s1. The lowest BCUT2D eigenvalue weighted by molar-refractivity contribution is -0.135. The fourth-order valence-corrected chi connectivity index (χ4v) is 2.09. The molecule has 0 radical (unpaired) electrons. The number of carboxylic acids is 1. The molecule has 8 heteroatoms. The third-order valence-corrected chi connectivity index (χ3v) is 3.64. The Bertz CT molecular complexity index is 500. The molecule has 0 aromatic carbocycles. The van der Waals surface area contributed by atoms with Gasteiger partial charge in [-0.25, -0.2) is 4.79 Å². The molecule has 1 unspecified atom stereocenters. The van der Waals surface area contributed by atoms with E-state index in [1.165, 1.54) is 31.9 Å². The summed E-state index contributed by atoms with van der Waals surface area (Å²) in [5, 5.41) is 11.5. The van der Waals surface area contributed by atoms with Gasteiger partial charge in [0, 0.05) is 19.7 Å². The monoisotopic (exact) mass is 343 g/mol. The highest BCUT2D eigenvalue weighted by molar-refractivity contribution is 5.90. The highest BCUT2D eigenvalue weighted by atomic mass is 16.5. The van der Waals surface area contributed by atoms with E-state index in [0.717, 1.165) is 0 Å². The Labute approximate surface area is 143 Å². The Morgan fingerprint density at radius 2 is 1.92 bits per heavy atom. The van der Waals surface area contributed by atoms with Crippen molar-refractivity contribution in [3.05, 3.63) is 11.6 Å². The number of nitrogens with two attached hydrogens (primary N) is 1. The number of ether oxygens (including phenoxy) is 1. The van der Waals surface area contributed by atoms with E-state index >= 15 is 0 Å². The van der Waals surface area contributed by atoms with Crippen molar-refractivity contribution in [3.8, 4) is 0 Å². The first-order chi connectivity index (χ1) is 10.9. The number of nitrogens with one attached hydrogen (secondary N) is 1. The lowest BCUT2D eigenvalue weighted by Gasteiger charge is -2.30. The van der Waals surface area contributed by atoms with Crippen LogP contribution in [0, 0.1) is 5.92 Å². The molecule has 0 fully saturated rings. The molecule has 4 N–H and O–H groups in total. The SMILES string of the molecule is COCC(C)(N)C(=O)NCC(=O)N(C)[C@H](C=C(C)C(=O)O)C(C)C. The van der Waals surface area contributed by atoms with E-state index in [4.69, 9.17) is 15.6 Å². The number of carboxylic acid groups (broad SMARTS) is 1. The van der Waals surface area contributed by atoms with Crippen LogP contribution < -0.4 is 11.1 Å². The minimum atomic E-state index is -1.23. The molecule has 2 amide bonds. The van der Waals surface area contributed by atoms with Crippen LogP contribution in [0.2, 0.25) is 0 Å². The number of amides is 2. The van der Waals surface area contributed by atoms with E-state index in [0.29, 0.717) is 0 Å². The molecule has 0 saturated heterocycles. The summed E-state index contributed by atoms with van der Waals surface area (Å²) in [6, 6.07) is -0.395. The number of methoxy groups -OCH3 is 1. The second-order valence-corrected chi connectivity index (χ2v) is 6.43. The van der Waals surface area contributed by atoms with Crippen molar-refractivity contribution in [1.29, 1.82) is 0 Å². The van der Waals surface area contributed by atoms with Crippen molar-refractivity contribution < 1.29 is 24.2 Å². The molecule has 8 nitrogen and oxygen atoms in total. The quantitative estimate of drug-likeness (QED) is 0.506. The first kappa shape index (κ1) is 22.1. The molecule has 0 aliphatic carbocycles. The summed E-state index contributed by atoms with van der Waals surface area (Å²) in [5.41, 5.74) is 4.73. The topological polar surface area (TPSA) is 122 Å². The van der Waals surface area contributed by atoms with Crippen LogP contribution in [0.4, 0.5) is 0 Å². The summed E-state index contributed by atoms with van der Waals surface area (Å²) in [7, 11) is 3.00. The van der Waals surface area contributed by atoms with Gasteiger partial charge in [0.15, 0.2) is 0 Å². The van der Waals surface area contributed by atoms with Gasteiger partial charge < -0.3 is 25.8 Å². The van der Waals surface area contributed by atoms with Crippen molar-refractivity contribution in [1.82, 2.24) is 10.2 Å². The maximum absolute atomic E-state index is 12.3. The van der Waals surface area contributed by atoms with Gasteiger partial charge in [-0.1, -0.05) is 19.9 Å². The zero-order valence-corrected chi connectivity index (χ0v) is 15.3.